The molecule has 1 aliphatic heterocycles. The standard InChI is InChI=1S/C10H15N3O/c1-14-9-7-11-6-8(9)13-10-4-2-3-5-12-10/h2-5,8-9,11H,6-7H2,1H3,(H,12,13). The first-order valence-electron chi connectivity index (χ1n) is 4.81. The Morgan fingerprint density at radius 3 is 3.14 bits per heavy atom. The Balaban J connectivity index is 1.97. The first-order chi connectivity index (χ1) is 6.90. The molecule has 0 aromatic carbocycles. The lowest BCUT2D eigenvalue weighted by molar-refractivity contribution is 0.111. The molecule has 2 N–H and O–H groups in total. The van der Waals surface area contributed by atoms with Crippen LogP contribution < -0.4 is 10.6 Å². The molecule has 2 unspecified atom stereocenters. The molecule has 0 spiro atoms. The van der Waals surface area contributed by atoms with Crippen LogP contribution in [0.3, 0.4) is 0 Å². The summed E-state index contributed by atoms with van der Waals surface area (Å²) >= 11 is 0. The van der Waals surface area contributed by atoms with E-state index in [-0.39, 0.29) is 6.10 Å². The normalized spacial score (nSPS) is 26.4. The van der Waals surface area contributed by atoms with Crippen LogP contribution in [0.1, 0.15) is 0 Å². The van der Waals surface area contributed by atoms with Crippen molar-refractivity contribution in [2.24, 2.45) is 0 Å². The van der Waals surface area contributed by atoms with Crippen LogP contribution in [-0.4, -0.2) is 37.3 Å². The highest BCUT2D eigenvalue weighted by Gasteiger charge is 2.26. The van der Waals surface area contributed by atoms with Crippen molar-refractivity contribution in [3.63, 3.8) is 0 Å². The average Bonchev–Trinajstić information content (AvgIpc) is 2.67. The first kappa shape index (κ1) is 9.43. The van der Waals surface area contributed by atoms with E-state index in [0.717, 1.165) is 18.9 Å². The van der Waals surface area contributed by atoms with Crippen LogP contribution in [-0.2, 0) is 4.74 Å². The summed E-state index contributed by atoms with van der Waals surface area (Å²) in [5.41, 5.74) is 0. The van der Waals surface area contributed by atoms with Gasteiger partial charge >= 0.3 is 0 Å². The third-order valence-electron chi connectivity index (χ3n) is 2.46. The Morgan fingerprint density at radius 1 is 1.50 bits per heavy atom. The van der Waals surface area contributed by atoms with Crippen LogP contribution in [0.15, 0.2) is 24.4 Å². The molecule has 0 bridgehead atoms. The van der Waals surface area contributed by atoms with Gasteiger partial charge in [-0.3, -0.25) is 0 Å². The fourth-order valence-corrected chi connectivity index (χ4v) is 1.68. The van der Waals surface area contributed by atoms with E-state index in [2.05, 4.69) is 15.6 Å². The Kier molecular flexibility index (Phi) is 2.96. The number of hydrogen-bond acceptors (Lipinski definition) is 4. The molecule has 2 atom stereocenters. The van der Waals surface area contributed by atoms with Gasteiger partial charge in [-0.1, -0.05) is 6.07 Å². The van der Waals surface area contributed by atoms with Gasteiger partial charge in [0.25, 0.3) is 0 Å². The predicted molar refractivity (Wildman–Crippen MR) is 55.3 cm³/mol. The third-order valence-corrected chi connectivity index (χ3v) is 2.46. The average molecular weight is 193 g/mol. The number of nitrogens with one attached hydrogen (secondary N) is 2. The molecule has 76 valence electrons. The van der Waals surface area contributed by atoms with E-state index in [4.69, 9.17) is 4.74 Å². The van der Waals surface area contributed by atoms with Crippen LogP contribution in [0.5, 0.6) is 0 Å². The van der Waals surface area contributed by atoms with Crippen LogP contribution in [0.4, 0.5) is 5.82 Å². The Bertz CT molecular complexity index is 278. The molecule has 2 rings (SSSR count). The lowest BCUT2D eigenvalue weighted by Gasteiger charge is -2.18. The first-order valence-corrected chi connectivity index (χ1v) is 4.81. The topological polar surface area (TPSA) is 46.2 Å². The number of hydrogen-bond donors (Lipinski definition) is 2. The summed E-state index contributed by atoms with van der Waals surface area (Å²) in [6.45, 7) is 1.83. The van der Waals surface area contributed by atoms with Crippen LogP contribution in [0.2, 0.25) is 0 Å². The highest BCUT2D eigenvalue weighted by molar-refractivity contribution is 5.35. The fourth-order valence-electron chi connectivity index (χ4n) is 1.68. The van der Waals surface area contributed by atoms with Crippen molar-refractivity contribution in [3.05, 3.63) is 24.4 Å². The second-order valence-electron chi connectivity index (χ2n) is 3.40. The molecule has 4 nitrogen and oxygen atoms in total. The number of nitrogens with zero attached hydrogens (tertiary/aromatic N) is 1. The summed E-state index contributed by atoms with van der Waals surface area (Å²) in [5, 5.41) is 6.62. The molecule has 0 amide bonds. The van der Waals surface area contributed by atoms with Crippen LogP contribution in [0.25, 0.3) is 0 Å². The summed E-state index contributed by atoms with van der Waals surface area (Å²) in [4.78, 5) is 4.22. The molecule has 1 aliphatic rings. The van der Waals surface area contributed by atoms with E-state index in [1.54, 1.807) is 13.3 Å². The molecule has 0 aliphatic carbocycles. The van der Waals surface area contributed by atoms with Gasteiger partial charge in [0.2, 0.25) is 0 Å². The second kappa shape index (κ2) is 4.39. The molecule has 14 heavy (non-hydrogen) atoms. The summed E-state index contributed by atoms with van der Waals surface area (Å²) in [6, 6.07) is 6.16. The van der Waals surface area contributed by atoms with E-state index in [1.807, 2.05) is 18.2 Å². The summed E-state index contributed by atoms with van der Waals surface area (Å²) in [5.74, 6) is 0.906. The molecule has 1 aromatic rings. The smallest absolute Gasteiger partial charge is 0.126 e. The Morgan fingerprint density at radius 2 is 2.43 bits per heavy atom. The number of ether oxygens (including phenoxy) is 1. The van der Waals surface area contributed by atoms with Gasteiger partial charge in [-0.15, -0.1) is 0 Å². The quantitative estimate of drug-likeness (QED) is 0.733. The van der Waals surface area contributed by atoms with E-state index in [1.165, 1.54) is 0 Å². The van der Waals surface area contributed by atoms with Crippen molar-refractivity contribution in [2.75, 3.05) is 25.5 Å². The number of aromatic nitrogens is 1. The van der Waals surface area contributed by atoms with E-state index < -0.39 is 0 Å². The maximum absolute atomic E-state index is 5.34. The molecule has 0 saturated carbocycles. The molecule has 1 fully saturated rings. The van der Waals surface area contributed by atoms with Crippen molar-refractivity contribution in [3.8, 4) is 0 Å². The van der Waals surface area contributed by atoms with Gasteiger partial charge in [0, 0.05) is 26.4 Å². The molecule has 1 saturated heterocycles. The summed E-state index contributed by atoms with van der Waals surface area (Å²) in [7, 11) is 1.74. The Labute approximate surface area is 83.7 Å². The third kappa shape index (κ3) is 2.02. The van der Waals surface area contributed by atoms with Crippen molar-refractivity contribution in [2.45, 2.75) is 12.1 Å². The highest BCUT2D eigenvalue weighted by Crippen LogP contribution is 2.10. The zero-order valence-corrected chi connectivity index (χ0v) is 8.23. The van der Waals surface area contributed by atoms with E-state index in [9.17, 15) is 0 Å². The maximum Gasteiger partial charge on any atom is 0.126 e. The van der Waals surface area contributed by atoms with Gasteiger partial charge in [0.1, 0.15) is 5.82 Å². The van der Waals surface area contributed by atoms with Crippen LogP contribution >= 0.6 is 0 Å². The van der Waals surface area contributed by atoms with Crippen molar-refractivity contribution in [1.82, 2.24) is 10.3 Å². The Hall–Kier alpha value is -1.13. The summed E-state index contributed by atoms with van der Waals surface area (Å²) < 4.78 is 5.34. The van der Waals surface area contributed by atoms with Crippen LogP contribution in [0, 0.1) is 0 Å². The maximum atomic E-state index is 5.34. The molecule has 4 heteroatoms. The molecular formula is C10H15N3O. The number of anilines is 1. The SMILES string of the molecule is COC1CNCC1Nc1ccccn1. The van der Waals surface area contributed by atoms with Gasteiger partial charge < -0.3 is 15.4 Å². The fraction of sp³-hybridized carbons (Fsp3) is 0.500. The number of pyridine rings is 1. The van der Waals surface area contributed by atoms with Gasteiger partial charge in [-0.25, -0.2) is 4.98 Å². The van der Waals surface area contributed by atoms with Crippen molar-refractivity contribution in [1.29, 1.82) is 0 Å². The number of methoxy groups -OCH3 is 1. The zero-order valence-electron chi connectivity index (χ0n) is 8.23. The largest absolute Gasteiger partial charge is 0.378 e. The molecular weight excluding hydrogens is 178 g/mol. The molecule has 1 aromatic heterocycles. The highest BCUT2D eigenvalue weighted by atomic mass is 16.5. The molecule has 0 radical (unpaired) electrons. The van der Waals surface area contributed by atoms with Gasteiger partial charge in [0.15, 0.2) is 0 Å². The summed E-state index contributed by atoms with van der Waals surface area (Å²) in [6.07, 6.45) is 2.02. The van der Waals surface area contributed by atoms with E-state index >= 15 is 0 Å². The minimum atomic E-state index is 0.233. The van der Waals surface area contributed by atoms with E-state index in [0.29, 0.717) is 6.04 Å². The van der Waals surface area contributed by atoms with Crippen molar-refractivity contribution >= 4 is 5.82 Å². The lowest BCUT2D eigenvalue weighted by Crippen LogP contribution is -2.33. The van der Waals surface area contributed by atoms with Gasteiger partial charge in [-0.05, 0) is 12.1 Å². The number of rotatable bonds is 3. The minimum absolute atomic E-state index is 0.233. The second-order valence-corrected chi connectivity index (χ2v) is 3.40. The lowest BCUT2D eigenvalue weighted by atomic mass is 10.2. The van der Waals surface area contributed by atoms with Crippen molar-refractivity contribution < 1.29 is 4.74 Å². The molecule has 2 heterocycles. The zero-order chi connectivity index (χ0) is 9.80. The van der Waals surface area contributed by atoms with Gasteiger partial charge in [0.05, 0.1) is 12.1 Å². The van der Waals surface area contributed by atoms with Gasteiger partial charge in [-0.2, -0.15) is 0 Å². The minimum Gasteiger partial charge on any atom is -0.378 e. The monoisotopic (exact) mass is 193 g/mol. The predicted octanol–water partition coefficient (Wildman–Crippen LogP) is 0.480.